The molecule has 2 rings (SSSR count). The molecule has 0 aliphatic heterocycles. The summed E-state index contributed by atoms with van der Waals surface area (Å²) >= 11 is 0. The van der Waals surface area contributed by atoms with Gasteiger partial charge in [-0.25, -0.2) is 8.78 Å². The summed E-state index contributed by atoms with van der Waals surface area (Å²) in [7, 11) is 0. The minimum Gasteiger partial charge on any atom is -0.382 e. The summed E-state index contributed by atoms with van der Waals surface area (Å²) in [4.78, 5) is 0. The summed E-state index contributed by atoms with van der Waals surface area (Å²) in [5, 5.41) is 4.07. The van der Waals surface area contributed by atoms with Crippen LogP contribution in [0.25, 0.3) is 0 Å². The predicted octanol–water partition coefficient (Wildman–Crippen LogP) is 2.21. The zero-order valence-corrected chi connectivity index (χ0v) is 8.71. The summed E-state index contributed by atoms with van der Waals surface area (Å²) in [6.45, 7) is 2.44. The van der Waals surface area contributed by atoms with Gasteiger partial charge in [-0.2, -0.15) is 5.10 Å². The molecule has 0 bridgehead atoms. The van der Waals surface area contributed by atoms with Gasteiger partial charge in [-0.1, -0.05) is 0 Å². The third kappa shape index (κ3) is 2.27. The molecular weight excluding hydrogens is 200 g/mol. The average molecular weight is 215 g/mol. The number of aryl methyl sites for hydroxylation is 1. The number of halogens is 2. The van der Waals surface area contributed by atoms with Crippen molar-refractivity contribution in [2.45, 2.75) is 38.7 Å². The van der Waals surface area contributed by atoms with Crippen molar-refractivity contribution in [1.82, 2.24) is 9.78 Å². The van der Waals surface area contributed by atoms with Crippen LogP contribution >= 0.6 is 0 Å². The number of anilines is 1. The summed E-state index contributed by atoms with van der Waals surface area (Å²) in [6.07, 6.45) is 0.561. The van der Waals surface area contributed by atoms with Gasteiger partial charge in [0.1, 0.15) is 5.82 Å². The van der Waals surface area contributed by atoms with Crippen molar-refractivity contribution < 1.29 is 8.78 Å². The number of aromatic nitrogens is 2. The zero-order valence-electron chi connectivity index (χ0n) is 8.71. The van der Waals surface area contributed by atoms with E-state index in [0.29, 0.717) is 18.8 Å². The lowest BCUT2D eigenvalue weighted by Gasteiger charge is -2.11. The second kappa shape index (κ2) is 3.47. The summed E-state index contributed by atoms with van der Waals surface area (Å²) < 4.78 is 27.6. The smallest absolute Gasteiger partial charge is 0.248 e. The van der Waals surface area contributed by atoms with Gasteiger partial charge >= 0.3 is 0 Å². The van der Waals surface area contributed by atoms with Gasteiger partial charge in [-0.15, -0.1) is 0 Å². The molecule has 84 valence electrons. The van der Waals surface area contributed by atoms with Gasteiger partial charge in [0, 0.05) is 31.1 Å². The fourth-order valence-electron chi connectivity index (χ4n) is 2.16. The van der Waals surface area contributed by atoms with E-state index in [9.17, 15) is 8.78 Å². The van der Waals surface area contributed by atoms with Crippen LogP contribution in [0.15, 0.2) is 6.07 Å². The van der Waals surface area contributed by atoms with Gasteiger partial charge in [-0.3, -0.25) is 4.68 Å². The average Bonchev–Trinajstić information content (AvgIpc) is 2.57. The van der Waals surface area contributed by atoms with E-state index in [1.165, 1.54) is 0 Å². The van der Waals surface area contributed by atoms with Crippen molar-refractivity contribution in [3.63, 3.8) is 0 Å². The molecule has 1 aliphatic rings. The van der Waals surface area contributed by atoms with Crippen LogP contribution in [0.3, 0.4) is 0 Å². The molecule has 3 nitrogen and oxygen atoms in total. The van der Waals surface area contributed by atoms with Crippen LogP contribution in [0.1, 0.15) is 25.0 Å². The first kappa shape index (κ1) is 10.4. The Hall–Kier alpha value is -1.13. The number of rotatable bonds is 2. The van der Waals surface area contributed by atoms with E-state index in [1.807, 2.05) is 6.92 Å². The van der Waals surface area contributed by atoms with E-state index < -0.39 is 5.92 Å². The SMILES string of the molecule is Cc1cc(N)nn1CC1CCC(F)(F)C1. The summed E-state index contributed by atoms with van der Waals surface area (Å²) in [6, 6.07) is 1.76. The molecule has 0 saturated heterocycles. The number of nitrogen functional groups attached to an aromatic ring is 1. The lowest BCUT2D eigenvalue weighted by atomic mass is 10.1. The largest absolute Gasteiger partial charge is 0.382 e. The molecule has 1 aromatic heterocycles. The number of hydrogen-bond donors (Lipinski definition) is 1. The molecule has 1 aromatic rings. The monoisotopic (exact) mass is 215 g/mol. The van der Waals surface area contributed by atoms with Gasteiger partial charge in [0.25, 0.3) is 0 Å². The van der Waals surface area contributed by atoms with Crippen LogP contribution in [0, 0.1) is 12.8 Å². The van der Waals surface area contributed by atoms with E-state index >= 15 is 0 Å². The zero-order chi connectivity index (χ0) is 11.1. The van der Waals surface area contributed by atoms with E-state index in [2.05, 4.69) is 5.10 Å². The molecule has 0 aromatic carbocycles. The Bertz CT molecular complexity index is 360. The second-order valence-corrected chi connectivity index (χ2v) is 4.36. The van der Waals surface area contributed by atoms with Crippen LogP contribution in [0.2, 0.25) is 0 Å². The van der Waals surface area contributed by atoms with Crippen molar-refractivity contribution >= 4 is 5.82 Å². The molecule has 2 N–H and O–H groups in total. The molecule has 1 saturated carbocycles. The minimum atomic E-state index is -2.47. The van der Waals surface area contributed by atoms with Crippen molar-refractivity contribution in [1.29, 1.82) is 0 Å². The standard InChI is InChI=1S/C10H15F2N3/c1-7-4-9(13)14-15(7)6-8-2-3-10(11,12)5-8/h4,8H,2-3,5-6H2,1H3,(H2,13,14). The molecular formula is C10H15F2N3. The number of nitrogens with two attached hydrogens (primary N) is 1. The molecule has 1 aliphatic carbocycles. The molecule has 15 heavy (non-hydrogen) atoms. The third-order valence-electron chi connectivity index (χ3n) is 2.94. The lowest BCUT2D eigenvalue weighted by Crippen LogP contribution is -2.14. The van der Waals surface area contributed by atoms with Gasteiger partial charge in [0.05, 0.1) is 0 Å². The molecule has 1 heterocycles. The van der Waals surface area contributed by atoms with E-state index in [0.717, 1.165) is 5.69 Å². The van der Waals surface area contributed by atoms with Gasteiger partial charge < -0.3 is 5.73 Å². The van der Waals surface area contributed by atoms with Gasteiger partial charge in [-0.05, 0) is 19.3 Å². The lowest BCUT2D eigenvalue weighted by molar-refractivity contribution is 0.00420. The summed E-state index contributed by atoms with van der Waals surface area (Å²) in [5.41, 5.74) is 6.46. The highest BCUT2D eigenvalue weighted by molar-refractivity contribution is 5.28. The van der Waals surface area contributed by atoms with Crippen molar-refractivity contribution in [2.24, 2.45) is 5.92 Å². The van der Waals surface area contributed by atoms with Crippen LogP contribution in [0.5, 0.6) is 0 Å². The van der Waals surface area contributed by atoms with Crippen LogP contribution in [-0.4, -0.2) is 15.7 Å². The van der Waals surface area contributed by atoms with Crippen LogP contribution < -0.4 is 5.73 Å². The van der Waals surface area contributed by atoms with Crippen molar-refractivity contribution in [3.8, 4) is 0 Å². The Kier molecular flexibility index (Phi) is 2.40. The van der Waals surface area contributed by atoms with Crippen LogP contribution in [-0.2, 0) is 6.54 Å². The number of nitrogens with zero attached hydrogens (tertiary/aromatic N) is 2. The fourth-order valence-corrected chi connectivity index (χ4v) is 2.16. The maximum Gasteiger partial charge on any atom is 0.248 e. The van der Waals surface area contributed by atoms with Crippen LogP contribution in [0.4, 0.5) is 14.6 Å². The van der Waals surface area contributed by atoms with Crippen molar-refractivity contribution in [3.05, 3.63) is 11.8 Å². The molecule has 1 unspecified atom stereocenters. The predicted molar refractivity (Wildman–Crippen MR) is 53.7 cm³/mol. The Morgan fingerprint density at radius 1 is 1.67 bits per heavy atom. The van der Waals surface area contributed by atoms with Gasteiger partial charge in [0.2, 0.25) is 5.92 Å². The highest BCUT2D eigenvalue weighted by Crippen LogP contribution is 2.39. The highest BCUT2D eigenvalue weighted by Gasteiger charge is 2.39. The second-order valence-electron chi connectivity index (χ2n) is 4.36. The molecule has 1 atom stereocenters. The molecule has 1 fully saturated rings. The Morgan fingerprint density at radius 3 is 2.87 bits per heavy atom. The van der Waals surface area contributed by atoms with Gasteiger partial charge in [0.15, 0.2) is 0 Å². The third-order valence-corrected chi connectivity index (χ3v) is 2.94. The molecule has 5 heteroatoms. The maximum atomic E-state index is 12.9. The Balaban J connectivity index is 2.01. The normalized spacial score (nSPS) is 24.6. The Labute approximate surface area is 87.3 Å². The highest BCUT2D eigenvalue weighted by atomic mass is 19.3. The van der Waals surface area contributed by atoms with E-state index in [-0.39, 0.29) is 18.8 Å². The quantitative estimate of drug-likeness (QED) is 0.822. The molecule has 0 spiro atoms. The first-order valence-corrected chi connectivity index (χ1v) is 5.14. The first-order valence-electron chi connectivity index (χ1n) is 5.14. The van der Waals surface area contributed by atoms with E-state index in [4.69, 9.17) is 5.73 Å². The number of alkyl halides is 2. The summed E-state index contributed by atoms with van der Waals surface area (Å²) in [5.74, 6) is -1.99. The van der Waals surface area contributed by atoms with E-state index in [1.54, 1.807) is 10.7 Å². The maximum absolute atomic E-state index is 12.9. The van der Waals surface area contributed by atoms with Crippen molar-refractivity contribution in [2.75, 3.05) is 5.73 Å². The minimum absolute atomic E-state index is 0.00741. The number of hydrogen-bond acceptors (Lipinski definition) is 2. The topological polar surface area (TPSA) is 43.8 Å². The molecule has 0 amide bonds. The Morgan fingerprint density at radius 2 is 2.40 bits per heavy atom. The fraction of sp³-hybridized carbons (Fsp3) is 0.700. The molecule has 0 radical (unpaired) electrons. The first-order chi connectivity index (χ1) is 6.96.